The first-order valence-electron chi connectivity index (χ1n) is 3.03. The number of carbonyl (C=O) groups excluding carboxylic acids is 2. The van der Waals surface area contributed by atoms with Crippen LogP contribution in [0.1, 0.15) is 13.8 Å². The molecule has 0 saturated heterocycles. The molecule has 0 saturated carbocycles. The molecule has 0 unspecified atom stereocenters. The van der Waals surface area contributed by atoms with Gasteiger partial charge in [-0.1, -0.05) is 13.8 Å². The van der Waals surface area contributed by atoms with Crippen molar-refractivity contribution in [3.8, 4) is 0 Å². The number of nitrogens with one attached hydrogen (secondary N) is 2. The van der Waals surface area contributed by atoms with Gasteiger partial charge in [-0.05, 0) is 13.1 Å². The molecule has 0 bridgehead atoms. The molecule has 4 nitrogen and oxygen atoms in total. The minimum absolute atomic E-state index is 0. The Hall–Kier alpha value is 1.04. The number of hydrogen-bond acceptors (Lipinski definition) is 2. The fourth-order valence-corrected chi connectivity index (χ4v) is 0.144. The Balaban J connectivity index is -0.0000000267. The predicted molar refractivity (Wildman–Crippen MR) is 45.2 cm³/mol. The quantitative estimate of drug-likeness (QED) is 0.332. The maximum Gasteiger partial charge on any atom is 2.00 e. The largest absolute Gasteiger partial charge is 2.00 e. The summed E-state index contributed by atoms with van der Waals surface area (Å²) in [6.45, 7) is 5.02. The molecule has 0 fully saturated rings. The predicted octanol–water partition coefficient (Wildman–Crippen LogP) is -0.224. The van der Waals surface area contributed by atoms with Gasteiger partial charge in [0.2, 0.25) is 0 Å². The Bertz CT molecular complexity index is 74.9. The first-order valence-corrected chi connectivity index (χ1v) is 3.03. The third-order valence-corrected chi connectivity index (χ3v) is 0.498. The van der Waals surface area contributed by atoms with Crippen LogP contribution in [0.15, 0.2) is 0 Å². The molecule has 0 spiro atoms. The van der Waals surface area contributed by atoms with E-state index in [0.29, 0.717) is 13.1 Å². The average molecular weight is 635 g/mol. The van der Waals surface area contributed by atoms with Crippen LogP contribution < -0.4 is 10.6 Å². The van der Waals surface area contributed by atoms with Gasteiger partial charge in [-0.3, -0.25) is 0 Å². The molecule has 0 heterocycles. The summed E-state index contributed by atoms with van der Waals surface area (Å²) in [5, 5.41) is 4.61. The third-order valence-electron chi connectivity index (χ3n) is 0.498. The molecule has 2 N–H and O–H groups in total. The van der Waals surface area contributed by atoms with Gasteiger partial charge in [0.05, 0.1) is 0 Å². The van der Waals surface area contributed by atoms with Crippen molar-refractivity contribution in [1.29, 1.82) is 0 Å². The number of hydrogen-bond donors (Lipinski definition) is 2. The van der Waals surface area contributed by atoms with Gasteiger partial charge in [-0.25, -0.2) is 0 Å². The van der Waals surface area contributed by atoms with Gasteiger partial charge in [0, 0.05) is 31.1 Å². The van der Waals surface area contributed by atoms with Crippen LogP contribution in [0, 0.1) is 69.7 Å². The molecule has 0 aromatic carbocycles. The molecule has 0 aliphatic heterocycles. The second-order valence-corrected chi connectivity index (χ2v) is 1.26. The van der Waals surface area contributed by atoms with Gasteiger partial charge in [-0.2, -0.15) is 12.8 Å². The van der Waals surface area contributed by atoms with Crippen molar-refractivity contribution in [1.82, 2.24) is 10.6 Å². The smallest absolute Gasteiger partial charge is 0.530 e. The molecular formula is C7H15N2O2U2-. The molecule has 0 atom stereocenters. The Morgan fingerprint density at radius 1 is 1.00 bits per heavy atom. The number of rotatable bonds is 4. The van der Waals surface area contributed by atoms with Gasteiger partial charge >= 0.3 is 31.1 Å². The molecule has 0 radical (unpaired) electrons. The molecule has 0 aliphatic rings. The summed E-state index contributed by atoms with van der Waals surface area (Å²) in [7, 11) is 0. The maximum absolute atomic E-state index is 9.17. The summed E-state index contributed by atoms with van der Waals surface area (Å²) < 4.78 is 0. The van der Waals surface area contributed by atoms with Crippen LogP contribution in [0.25, 0.3) is 0 Å². The molecular weight excluding hydrogens is 620 g/mol. The van der Waals surface area contributed by atoms with Gasteiger partial charge in [-0.15, -0.1) is 0 Å². The number of amides is 2. The molecule has 0 aliphatic carbocycles. The van der Waals surface area contributed by atoms with Crippen molar-refractivity contribution in [2.75, 3.05) is 13.1 Å². The Morgan fingerprint density at radius 2 is 1.23 bits per heavy atom. The molecule has 0 aromatic heterocycles. The standard InChI is InChI=1S/2C3H6NO.CH3.2U/c2*1-2-4-3-5;;;/h2*2H2,1H3,(H,4,5);1H3;;/q3*-1;;+2. The Morgan fingerprint density at radius 3 is 1.23 bits per heavy atom. The van der Waals surface area contributed by atoms with E-state index in [4.69, 9.17) is 9.59 Å². The maximum atomic E-state index is 9.17. The second-order valence-electron chi connectivity index (χ2n) is 1.26. The van der Waals surface area contributed by atoms with Gasteiger partial charge in [0.15, 0.2) is 0 Å². The van der Waals surface area contributed by atoms with E-state index in [1.807, 2.05) is 13.8 Å². The first kappa shape index (κ1) is 29.2. The Labute approximate surface area is 128 Å². The van der Waals surface area contributed by atoms with E-state index in [1.165, 1.54) is 12.8 Å². The van der Waals surface area contributed by atoms with Crippen LogP contribution in [0.5, 0.6) is 0 Å². The summed E-state index contributed by atoms with van der Waals surface area (Å²) in [5.74, 6) is 0. The van der Waals surface area contributed by atoms with Crippen molar-refractivity contribution >= 4 is 12.8 Å². The molecule has 6 heteroatoms. The first-order chi connectivity index (χ1) is 4.83. The van der Waals surface area contributed by atoms with Crippen LogP contribution in [0.2, 0.25) is 0 Å². The summed E-state index contributed by atoms with van der Waals surface area (Å²) in [5.41, 5.74) is 0. The normalized spacial score (nSPS) is 5.08. The summed E-state index contributed by atoms with van der Waals surface area (Å²) in [6.07, 6.45) is 3.03. The molecule has 0 rings (SSSR count). The van der Waals surface area contributed by atoms with Crippen LogP contribution >= 0.6 is 0 Å². The zero-order chi connectivity index (χ0) is 8.24. The fourth-order valence-electron chi connectivity index (χ4n) is 0.144. The third kappa shape index (κ3) is 62.5. The van der Waals surface area contributed by atoms with E-state index < -0.39 is 0 Å². The minimum Gasteiger partial charge on any atom is -0.530 e. The molecule has 0 aromatic rings. The molecule has 74 valence electrons. The zero-order valence-corrected chi connectivity index (χ0v) is 16.6. The van der Waals surface area contributed by atoms with E-state index in [-0.39, 0.29) is 69.7 Å². The average Bonchev–Trinajstić information content (AvgIpc) is 1.93. The van der Waals surface area contributed by atoms with E-state index in [0.717, 1.165) is 0 Å². The van der Waals surface area contributed by atoms with Crippen molar-refractivity contribution in [2.45, 2.75) is 13.8 Å². The van der Waals surface area contributed by atoms with Crippen LogP contribution in [0.3, 0.4) is 0 Å². The van der Waals surface area contributed by atoms with E-state index in [1.54, 1.807) is 0 Å². The van der Waals surface area contributed by atoms with Crippen LogP contribution in [0.4, 0.5) is 0 Å². The van der Waals surface area contributed by atoms with Crippen LogP contribution in [-0.2, 0) is 9.59 Å². The van der Waals surface area contributed by atoms with Crippen molar-refractivity contribution in [3.63, 3.8) is 0 Å². The SMILES string of the molecule is CCN[C-]=O.CCN[C-]=O.[CH3-].[U+2].[U]. The Kier molecular flexibility index (Phi) is 85.7. The van der Waals surface area contributed by atoms with Gasteiger partial charge in [0.25, 0.3) is 0 Å². The fraction of sp³-hybridized carbons (Fsp3) is 0.571. The van der Waals surface area contributed by atoms with Crippen LogP contribution in [-0.4, -0.2) is 25.9 Å². The van der Waals surface area contributed by atoms with Gasteiger partial charge in [0.1, 0.15) is 0 Å². The van der Waals surface area contributed by atoms with Crippen molar-refractivity contribution in [2.24, 2.45) is 0 Å². The van der Waals surface area contributed by atoms with Crippen molar-refractivity contribution < 1.29 is 71.8 Å². The monoisotopic (exact) mass is 635 g/mol. The molecule has 13 heavy (non-hydrogen) atoms. The zero-order valence-electron chi connectivity index (χ0n) is 8.23. The van der Waals surface area contributed by atoms with Crippen molar-refractivity contribution in [3.05, 3.63) is 7.43 Å². The van der Waals surface area contributed by atoms with E-state index in [9.17, 15) is 0 Å². The summed E-state index contributed by atoms with van der Waals surface area (Å²) in [6, 6.07) is 0. The summed E-state index contributed by atoms with van der Waals surface area (Å²) in [4.78, 5) is 18.3. The van der Waals surface area contributed by atoms with Gasteiger partial charge < -0.3 is 27.6 Å². The minimum atomic E-state index is 0. The van der Waals surface area contributed by atoms with E-state index in [2.05, 4.69) is 10.6 Å². The molecule has 2 amide bonds. The topological polar surface area (TPSA) is 58.2 Å². The van der Waals surface area contributed by atoms with E-state index >= 15 is 0 Å². The summed E-state index contributed by atoms with van der Waals surface area (Å²) >= 11 is 0. The second kappa shape index (κ2) is 38.1.